The average Bonchev–Trinajstić information content (AvgIpc) is 3.46. The number of rotatable bonds is 5. The normalized spacial score (nSPS) is 50.3. The number of esters is 2. The van der Waals surface area contributed by atoms with Gasteiger partial charge in [-0.15, -0.1) is 0 Å². The molecule has 224 valence electrons. The molecular weight excluding hydrogens is 512 g/mol. The number of aliphatic hydroxyl groups excluding tert-OH is 1. The first-order valence-corrected chi connectivity index (χ1v) is 15.6. The third-order valence-electron chi connectivity index (χ3n) is 12.5. The smallest absolute Gasteiger partial charge is 0.331 e. The van der Waals surface area contributed by atoms with Crippen molar-refractivity contribution in [3.05, 3.63) is 11.6 Å². The van der Waals surface area contributed by atoms with Gasteiger partial charge in [-0.2, -0.15) is 0 Å². The molecule has 0 spiro atoms. The molecule has 0 bridgehead atoms. The van der Waals surface area contributed by atoms with E-state index in [0.717, 1.165) is 63.4 Å². The average molecular weight is 561 g/mol. The van der Waals surface area contributed by atoms with Crippen LogP contribution in [0.25, 0.3) is 0 Å². The number of methoxy groups -OCH3 is 1. The molecule has 0 aromatic rings. The van der Waals surface area contributed by atoms with Gasteiger partial charge in [-0.3, -0.25) is 4.79 Å². The Morgan fingerprint density at radius 3 is 2.55 bits per heavy atom. The Balaban J connectivity index is 1.20. The molecule has 12 atom stereocenters. The van der Waals surface area contributed by atoms with Crippen molar-refractivity contribution in [2.75, 3.05) is 13.7 Å². The molecule has 1 saturated heterocycles. The second kappa shape index (κ2) is 10.4. The Hall–Kier alpha value is -1.48. The molecule has 6 aliphatic rings. The highest BCUT2D eigenvalue weighted by atomic mass is 16.7. The van der Waals surface area contributed by atoms with E-state index in [-0.39, 0.29) is 53.3 Å². The maximum Gasteiger partial charge on any atom is 0.331 e. The van der Waals surface area contributed by atoms with Crippen LogP contribution in [0, 0.1) is 34.5 Å². The minimum Gasteiger partial charge on any atom is -0.458 e. The predicted octanol–water partition coefficient (Wildman–Crippen LogP) is 4.71. The summed E-state index contributed by atoms with van der Waals surface area (Å²) in [6, 6.07) is 0. The molecule has 40 heavy (non-hydrogen) atoms. The lowest BCUT2D eigenvalue weighted by Gasteiger charge is -2.64. The lowest BCUT2D eigenvalue weighted by Crippen LogP contribution is -2.64. The van der Waals surface area contributed by atoms with E-state index in [9.17, 15) is 14.7 Å². The van der Waals surface area contributed by atoms with E-state index in [1.807, 2.05) is 6.92 Å². The van der Waals surface area contributed by atoms with E-state index in [0.29, 0.717) is 30.8 Å². The molecule has 8 heteroatoms. The molecule has 8 nitrogen and oxygen atoms in total. The number of fused-ring (bicyclic) bond motifs is 5. The number of carbonyl (C=O) groups is 2. The van der Waals surface area contributed by atoms with Gasteiger partial charge in [-0.05, 0) is 93.5 Å². The van der Waals surface area contributed by atoms with Crippen LogP contribution in [0.15, 0.2) is 11.6 Å². The zero-order chi connectivity index (χ0) is 28.4. The summed E-state index contributed by atoms with van der Waals surface area (Å²) in [7, 11) is 1.63. The second-order valence-corrected chi connectivity index (χ2v) is 14.2. The highest BCUT2D eigenvalue weighted by Gasteiger charge is 2.70. The number of ether oxygens (including phenoxy) is 5. The molecule has 0 radical (unpaired) electrons. The molecule has 1 N–H and O–H groups in total. The van der Waals surface area contributed by atoms with Crippen molar-refractivity contribution in [1.82, 2.24) is 0 Å². The van der Waals surface area contributed by atoms with Crippen molar-refractivity contribution in [3.8, 4) is 0 Å². The fourth-order valence-electron chi connectivity index (χ4n) is 10.5. The van der Waals surface area contributed by atoms with Gasteiger partial charge in [-0.25, -0.2) is 4.79 Å². The molecule has 4 aliphatic carbocycles. The molecule has 5 fully saturated rings. The highest BCUT2D eigenvalue weighted by Crippen LogP contribution is 2.71. The lowest BCUT2D eigenvalue weighted by molar-refractivity contribution is -0.274. The Bertz CT molecular complexity index is 1040. The van der Waals surface area contributed by atoms with Gasteiger partial charge >= 0.3 is 11.9 Å². The number of hydrogen-bond donors (Lipinski definition) is 1. The summed E-state index contributed by atoms with van der Waals surface area (Å²) in [5.41, 5.74) is 0.565. The second-order valence-electron chi connectivity index (χ2n) is 14.2. The van der Waals surface area contributed by atoms with Crippen molar-refractivity contribution in [1.29, 1.82) is 0 Å². The number of hydrogen-bond acceptors (Lipinski definition) is 8. The topological polar surface area (TPSA) is 101 Å². The van der Waals surface area contributed by atoms with Crippen molar-refractivity contribution in [2.45, 2.75) is 128 Å². The molecule has 2 aliphatic heterocycles. The number of carbonyl (C=O) groups excluding carboxylic acids is 2. The van der Waals surface area contributed by atoms with Gasteiger partial charge in [0.2, 0.25) is 0 Å². The van der Waals surface area contributed by atoms with Crippen LogP contribution in [0.4, 0.5) is 0 Å². The molecule has 0 amide bonds. The van der Waals surface area contributed by atoms with Crippen molar-refractivity contribution < 1.29 is 38.4 Å². The van der Waals surface area contributed by atoms with E-state index in [4.69, 9.17) is 23.7 Å². The van der Waals surface area contributed by atoms with Crippen molar-refractivity contribution >= 4 is 11.9 Å². The third kappa shape index (κ3) is 4.38. The fraction of sp³-hybridized carbons (Fsp3) is 0.875. The Morgan fingerprint density at radius 1 is 1.05 bits per heavy atom. The Kier molecular flexibility index (Phi) is 7.41. The summed E-state index contributed by atoms with van der Waals surface area (Å²) in [6.07, 6.45) is 9.95. The van der Waals surface area contributed by atoms with Crippen molar-refractivity contribution in [3.63, 3.8) is 0 Å². The molecule has 0 aromatic heterocycles. The van der Waals surface area contributed by atoms with E-state index in [2.05, 4.69) is 13.8 Å². The summed E-state index contributed by atoms with van der Waals surface area (Å²) in [6.45, 7) is 8.62. The van der Waals surface area contributed by atoms with Crippen LogP contribution in [0.2, 0.25) is 0 Å². The van der Waals surface area contributed by atoms with Crippen LogP contribution < -0.4 is 0 Å². The fourth-order valence-corrected chi connectivity index (χ4v) is 10.5. The standard InChI is InChI=1S/C32H48O8/c1-18-29(35)26(36-5)16-28(38-18)39-22-8-11-30(3)21(15-22)6-7-25-24(30)9-12-31(4)23(20-14-27(34)37-17-20)10-13-32(25,31)40-19(2)33/h14,18,21-26,28-29,35H,6-13,15-17H2,1-5H3/t18-,21+,22-,23+,24-,25+,26-,28+,29-,30-,31+,32-/m0/s1. The number of cyclic esters (lactones) is 1. The number of aliphatic hydroxyl groups is 1. The Morgan fingerprint density at radius 2 is 1.85 bits per heavy atom. The third-order valence-corrected chi connectivity index (χ3v) is 12.5. The van der Waals surface area contributed by atoms with Gasteiger partial charge in [-0.1, -0.05) is 13.8 Å². The molecular formula is C32H48O8. The van der Waals surface area contributed by atoms with Crippen LogP contribution in [0.5, 0.6) is 0 Å². The minimum atomic E-state index is -0.635. The first-order valence-electron chi connectivity index (χ1n) is 15.6. The summed E-state index contributed by atoms with van der Waals surface area (Å²) in [4.78, 5) is 24.6. The van der Waals surface area contributed by atoms with Gasteiger partial charge < -0.3 is 28.8 Å². The first-order chi connectivity index (χ1) is 19.0. The molecule has 0 aromatic carbocycles. The molecule has 2 heterocycles. The van der Waals surface area contributed by atoms with Gasteiger partial charge in [0, 0.05) is 37.9 Å². The van der Waals surface area contributed by atoms with E-state index < -0.39 is 11.7 Å². The summed E-state index contributed by atoms with van der Waals surface area (Å²) in [5.74, 6) is 1.15. The van der Waals surface area contributed by atoms with E-state index in [1.165, 1.54) is 0 Å². The van der Waals surface area contributed by atoms with Crippen LogP contribution in [0.1, 0.15) is 91.9 Å². The van der Waals surface area contributed by atoms with E-state index >= 15 is 0 Å². The van der Waals surface area contributed by atoms with Crippen molar-refractivity contribution in [2.24, 2.45) is 34.5 Å². The first kappa shape index (κ1) is 28.6. The minimum absolute atomic E-state index is 0.138. The van der Waals surface area contributed by atoms with Gasteiger partial charge in [0.1, 0.15) is 18.3 Å². The summed E-state index contributed by atoms with van der Waals surface area (Å²) >= 11 is 0. The van der Waals surface area contributed by atoms with Gasteiger partial charge in [0.25, 0.3) is 0 Å². The van der Waals surface area contributed by atoms with Crippen LogP contribution in [-0.4, -0.2) is 67.1 Å². The predicted molar refractivity (Wildman–Crippen MR) is 146 cm³/mol. The highest BCUT2D eigenvalue weighted by molar-refractivity contribution is 5.85. The molecule has 4 saturated carbocycles. The van der Waals surface area contributed by atoms with Crippen LogP contribution >= 0.6 is 0 Å². The van der Waals surface area contributed by atoms with Gasteiger partial charge in [0.05, 0.1) is 18.3 Å². The molecule has 0 unspecified atom stereocenters. The summed E-state index contributed by atoms with van der Waals surface area (Å²) < 4.78 is 29.9. The van der Waals surface area contributed by atoms with Gasteiger partial charge in [0.15, 0.2) is 6.29 Å². The lowest BCUT2D eigenvalue weighted by atomic mass is 9.43. The Labute approximate surface area is 238 Å². The largest absolute Gasteiger partial charge is 0.458 e. The summed E-state index contributed by atoms with van der Waals surface area (Å²) in [5, 5.41) is 10.3. The zero-order valence-corrected chi connectivity index (χ0v) is 24.9. The van der Waals surface area contributed by atoms with Crippen LogP contribution in [-0.2, 0) is 33.3 Å². The monoisotopic (exact) mass is 560 g/mol. The maximum absolute atomic E-state index is 12.7. The SMILES string of the molecule is CO[C@H]1C[C@@H](O[C@H]2CC[C@@]3(C)[C@H](CC[C@@H]4[C@@H]3CC[C@]3(C)[C@@H](C5=CC(=O)OC5)CC[C@]43OC(C)=O)C2)O[C@@H](C)[C@@H]1O. The quantitative estimate of drug-likeness (QED) is 0.381. The van der Waals surface area contributed by atoms with Crippen LogP contribution in [0.3, 0.4) is 0 Å². The van der Waals surface area contributed by atoms with E-state index in [1.54, 1.807) is 20.1 Å². The molecule has 6 rings (SSSR count). The zero-order valence-electron chi connectivity index (χ0n) is 24.9. The maximum atomic E-state index is 12.7.